The molecule has 2 N–H and O–H groups in total. The van der Waals surface area contributed by atoms with E-state index in [4.69, 9.17) is 5.11 Å². The van der Waals surface area contributed by atoms with Gasteiger partial charge >= 0.3 is 5.97 Å². The Morgan fingerprint density at radius 2 is 2.00 bits per heavy atom. The van der Waals surface area contributed by atoms with Gasteiger partial charge in [0.2, 0.25) is 5.91 Å². The quantitative estimate of drug-likeness (QED) is 0.875. The van der Waals surface area contributed by atoms with E-state index < -0.39 is 12.0 Å². The van der Waals surface area contributed by atoms with Crippen molar-refractivity contribution in [2.24, 2.45) is 0 Å². The summed E-state index contributed by atoms with van der Waals surface area (Å²) in [6.45, 7) is 5.40. The molecule has 1 atom stereocenters. The average molecular weight is 290 g/mol. The minimum Gasteiger partial charge on any atom is -0.480 e. The van der Waals surface area contributed by atoms with Crippen molar-refractivity contribution in [1.82, 2.24) is 10.2 Å². The number of hydrogen-bond acceptors (Lipinski definition) is 3. The Morgan fingerprint density at radius 1 is 1.33 bits per heavy atom. The number of amides is 1. The number of nitrogens with one attached hydrogen (secondary N) is 1. The number of hydrogen-bond donors (Lipinski definition) is 2. The van der Waals surface area contributed by atoms with E-state index in [9.17, 15) is 9.59 Å². The van der Waals surface area contributed by atoms with Crippen LogP contribution in [-0.4, -0.2) is 47.6 Å². The van der Waals surface area contributed by atoms with Gasteiger partial charge in [0.15, 0.2) is 0 Å². The standard InChI is InChI=1S/C16H22N2O3/c1-16(2,12-6-4-3-5-7-12)10-14(19)18-9-8-17-13(11-18)15(20)21/h3-7,13,17H,8-11H2,1-2H3,(H,20,21)/t13-/m0/s1. The molecule has 1 aromatic carbocycles. The first-order valence-electron chi connectivity index (χ1n) is 7.19. The smallest absolute Gasteiger partial charge is 0.322 e. The second-order valence-corrected chi connectivity index (χ2v) is 6.11. The summed E-state index contributed by atoms with van der Waals surface area (Å²) < 4.78 is 0. The second kappa shape index (κ2) is 6.26. The molecule has 5 nitrogen and oxygen atoms in total. The summed E-state index contributed by atoms with van der Waals surface area (Å²) in [4.78, 5) is 25.1. The van der Waals surface area contributed by atoms with Crippen LogP contribution in [0.15, 0.2) is 30.3 Å². The van der Waals surface area contributed by atoms with Crippen molar-refractivity contribution in [3.63, 3.8) is 0 Å². The second-order valence-electron chi connectivity index (χ2n) is 6.11. The lowest BCUT2D eigenvalue weighted by Crippen LogP contribution is -2.56. The van der Waals surface area contributed by atoms with Crippen molar-refractivity contribution in [3.8, 4) is 0 Å². The summed E-state index contributed by atoms with van der Waals surface area (Å²) in [6.07, 6.45) is 0.378. The van der Waals surface area contributed by atoms with Crippen LogP contribution >= 0.6 is 0 Å². The average Bonchev–Trinajstić information content (AvgIpc) is 2.48. The zero-order valence-corrected chi connectivity index (χ0v) is 12.5. The third-order valence-electron chi connectivity index (χ3n) is 3.97. The summed E-state index contributed by atoms with van der Waals surface area (Å²) in [5, 5.41) is 12.0. The number of carbonyl (C=O) groups is 2. The Hall–Kier alpha value is -1.88. The molecule has 1 saturated heterocycles. The molecule has 1 aliphatic rings. The van der Waals surface area contributed by atoms with Gasteiger partial charge in [0.1, 0.15) is 6.04 Å². The molecule has 0 aliphatic carbocycles. The predicted molar refractivity (Wildman–Crippen MR) is 80.1 cm³/mol. The summed E-state index contributed by atoms with van der Waals surface area (Å²) >= 11 is 0. The molecule has 5 heteroatoms. The van der Waals surface area contributed by atoms with Gasteiger partial charge in [-0.05, 0) is 11.0 Å². The van der Waals surface area contributed by atoms with E-state index in [0.29, 0.717) is 19.5 Å². The highest BCUT2D eigenvalue weighted by molar-refractivity contribution is 5.80. The Kier molecular flexibility index (Phi) is 4.63. The van der Waals surface area contributed by atoms with Crippen molar-refractivity contribution in [1.29, 1.82) is 0 Å². The molecule has 0 radical (unpaired) electrons. The van der Waals surface area contributed by atoms with Crippen molar-refractivity contribution in [2.45, 2.75) is 31.7 Å². The van der Waals surface area contributed by atoms with Gasteiger partial charge in [0.25, 0.3) is 0 Å². The molecular weight excluding hydrogens is 268 g/mol. The van der Waals surface area contributed by atoms with Crippen molar-refractivity contribution in [3.05, 3.63) is 35.9 Å². The SMILES string of the molecule is CC(C)(CC(=O)N1CCN[C@H](C(=O)O)C1)c1ccccc1. The van der Waals surface area contributed by atoms with Gasteiger partial charge in [-0.3, -0.25) is 9.59 Å². The minimum absolute atomic E-state index is 0.0107. The molecular formula is C16H22N2O3. The zero-order chi connectivity index (χ0) is 15.5. The molecule has 0 aromatic heterocycles. The fourth-order valence-corrected chi connectivity index (χ4v) is 2.62. The van der Waals surface area contributed by atoms with Crippen molar-refractivity contribution in [2.75, 3.05) is 19.6 Å². The molecule has 1 aromatic rings. The molecule has 114 valence electrons. The fraction of sp³-hybridized carbons (Fsp3) is 0.500. The maximum Gasteiger partial charge on any atom is 0.322 e. The molecule has 0 unspecified atom stereocenters. The largest absolute Gasteiger partial charge is 0.480 e. The lowest BCUT2D eigenvalue weighted by molar-refractivity contribution is -0.142. The molecule has 1 heterocycles. The van der Waals surface area contributed by atoms with Crippen LogP contribution < -0.4 is 5.32 Å². The molecule has 21 heavy (non-hydrogen) atoms. The van der Waals surface area contributed by atoms with Gasteiger partial charge in [0, 0.05) is 26.1 Å². The molecule has 2 rings (SSSR count). The maximum absolute atomic E-state index is 12.5. The van der Waals surface area contributed by atoms with Crippen LogP contribution in [0.5, 0.6) is 0 Å². The van der Waals surface area contributed by atoms with Crippen molar-refractivity contribution >= 4 is 11.9 Å². The van der Waals surface area contributed by atoms with Crippen LogP contribution in [0.25, 0.3) is 0 Å². The van der Waals surface area contributed by atoms with Gasteiger partial charge in [-0.2, -0.15) is 0 Å². The Balaban J connectivity index is 2.02. The van der Waals surface area contributed by atoms with Crippen LogP contribution in [0.2, 0.25) is 0 Å². The third-order valence-corrected chi connectivity index (χ3v) is 3.97. The van der Waals surface area contributed by atoms with Crippen molar-refractivity contribution < 1.29 is 14.7 Å². The number of piperazine rings is 1. The molecule has 0 saturated carbocycles. The first kappa shape index (κ1) is 15.5. The minimum atomic E-state index is -0.908. The predicted octanol–water partition coefficient (Wildman–Crippen LogP) is 1.24. The van der Waals surface area contributed by atoms with Gasteiger partial charge < -0.3 is 15.3 Å². The Labute approximate surface area is 125 Å². The molecule has 1 aliphatic heterocycles. The van der Waals surface area contributed by atoms with Gasteiger partial charge in [-0.25, -0.2) is 0 Å². The van der Waals surface area contributed by atoms with E-state index in [1.54, 1.807) is 4.90 Å². The van der Waals surface area contributed by atoms with Crippen LogP contribution in [0.4, 0.5) is 0 Å². The zero-order valence-electron chi connectivity index (χ0n) is 12.5. The van der Waals surface area contributed by atoms with Crippen LogP contribution in [0.3, 0.4) is 0 Å². The van der Waals surface area contributed by atoms with Gasteiger partial charge in [0.05, 0.1) is 0 Å². The van der Waals surface area contributed by atoms with E-state index in [1.165, 1.54) is 0 Å². The lowest BCUT2D eigenvalue weighted by atomic mass is 9.81. The number of carboxylic acid groups (broad SMARTS) is 1. The Bertz CT molecular complexity index is 514. The summed E-state index contributed by atoms with van der Waals surface area (Å²) in [6, 6.07) is 9.26. The lowest BCUT2D eigenvalue weighted by Gasteiger charge is -2.34. The fourth-order valence-electron chi connectivity index (χ4n) is 2.62. The maximum atomic E-state index is 12.5. The van der Waals surface area contributed by atoms with Crippen LogP contribution in [0.1, 0.15) is 25.8 Å². The number of benzene rings is 1. The van der Waals surface area contributed by atoms with Crippen LogP contribution in [-0.2, 0) is 15.0 Å². The van der Waals surface area contributed by atoms with Crippen LogP contribution in [0, 0.1) is 0 Å². The highest BCUT2D eigenvalue weighted by Gasteiger charge is 2.31. The first-order valence-corrected chi connectivity index (χ1v) is 7.19. The highest BCUT2D eigenvalue weighted by Crippen LogP contribution is 2.27. The molecule has 1 amide bonds. The summed E-state index contributed by atoms with van der Waals surface area (Å²) in [5.74, 6) is -0.897. The monoisotopic (exact) mass is 290 g/mol. The molecule has 0 bridgehead atoms. The summed E-state index contributed by atoms with van der Waals surface area (Å²) in [5.41, 5.74) is 0.852. The number of rotatable bonds is 4. The van der Waals surface area contributed by atoms with E-state index in [0.717, 1.165) is 5.56 Å². The number of aliphatic carboxylic acids is 1. The number of carbonyl (C=O) groups excluding carboxylic acids is 1. The van der Waals surface area contributed by atoms with E-state index in [1.807, 2.05) is 44.2 Å². The molecule has 0 spiro atoms. The Morgan fingerprint density at radius 3 is 2.62 bits per heavy atom. The number of nitrogens with zero attached hydrogens (tertiary/aromatic N) is 1. The highest BCUT2D eigenvalue weighted by atomic mass is 16.4. The normalized spacial score (nSPS) is 19.3. The third kappa shape index (κ3) is 3.82. The first-order chi connectivity index (χ1) is 9.90. The van der Waals surface area contributed by atoms with E-state index >= 15 is 0 Å². The van der Waals surface area contributed by atoms with E-state index in [-0.39, 0.29) is 17.9 Å². The number of carboxylic acids is 1. The summed E-state index contributed by atoms with van der Waals surface area (Å²) in [7, 11) is 0. The van der Waals surface area contributed by atoms with Gasteiger partial charge in [-0.1, -0.05) is 44.2 Å². The molecule has 1 fully saturated rings. The van der Waals surface area contributed by atoms with E-state index in [2.05, 4.69) is 5.32 Å². The van der Waals surface area contributed by atoms with Gasteiger partial charge in [-0.15, -0.1) is 0 Å². The topological polar surface area (TPSA) is 69.6 Å².